The minimum atomic E-state index is -5.75. The fourth-order valence-corrected chi connectivity index (χ4v) is 0. The van der Waals surface area contributed by atoms with Gasteiger partial charge in [-0.05, 0) is 0 Å². The third-order valence-electron chi connectivity index (χ3n) is 0. The van der Waals surface area contributed by atoms with Crippen LogP contribution in [0.4, 0.5) is 0 Å². The molecule has 0 atom stereocenters. The first kappa shape index (κ1) is 30.6. The summed E-state index contributed by atoms with van der Waals surface area (Å²) in [7, 11) is 0. The Balaban J connectivity index is -0.0000000133. The summed E-state index contributed by atoms with van der Waals surface area (Å²) < 4.78 is 34.4. The molecule has 0 aromatic carbocycles. The fraction of sp³-hybridized carbons (Fsp3) is 0. The quantitative estimate of drug-likeness (QED) is 0.352. The summed E-state index contributed by atoms with van der Waals surface area (Å²) in [5.41, 5.74) is 0. The molecule has 48 valence electrons. The molecule has 9 heteroatoms. The van der Waals surface area contributed by atoms with E-state index < -0.39 is 13.6 Å². The van der Waals surface area contributed by atoms with Gasteiger partial charge in [0.25, 0.3) is 0 Å². The zero-order valence-corrected chi connectivity index (χ0v) is 10.5. The number of rotatable bonds is 0. The first-order valence-corrected chi connectivity index (χ1v) is 2.75. The van der Waals surface area contributed by atoms with E-state index in [1.54, 1.807) is 0 Å². The van der Waals surface area contributed by atoms with Crippen molar-refractivity contribution in [3.63, 3.8) is 0 Å². The molecule has 0 unspecified atom stereocenters. The molecule has 0 radical (unpaired) electrons. The maximum absolute atomic E-state index is 8.59. The van der Waals surface area contributed by atoms with E-state index in [0.717, 1.165) is 0 Å². The van der Waals surface area contributed by atoms with Gasteiger partial charge < -0.3 is 12.3 Å². The van der Waals surface area contributed by atoms with Crippen LogP contribution >= 0.6 is 0 Å². The molecule has 0 spiro atoms. The van der Waals surface area contributed by atoms with E-state index >= 15 is 0 Å². The monoisotopic (exact) mass is 194 g/mol. The van der Waals surface area contributed by atoms with Gasteiger partial charge in [0.05, 0.1) is 0 Å². The van der Waals surface area contributed by atoms with E-state index in [1.165, 1.54) is 0 Å². The Labute approximate surface area is 99.5 Å². The summed E-state index contributed by atoms with van der Waals surface area (Å²) in [4.78, 5) is 0. The Hall–Kier alpha value is 1.97. The molecule has 6 nitrogen and oxygen atoms in total. The van der Waals surface area contributed by atoms with Crippen molar-refractivity contribution in [3.8, 4) is 0 Å². The van der Waals surface area contributed by atoms with Crippen LogP contribution < -0.4 is 67.4 Å². The molecule has 0 aliphatic heterocycles. The van der Waals surface area contributed by atoms with Gasteiger partial charge in [-0.2, -0.15) is 0 Å². The second kappa shape index (κ2) is 12.6. The fourth-order valence-electron chi connectivity index (χ4n) is 0. The van der Waals surface area contributed by atoms with Crippen molar-refractivity contribution in [2.45, 2.75) is 0 Å². The van der Waals surface area contributed by atoms with Crippen LogP contribution in [0.2, 0.25) is 0 Å². The van der Waals surface area contributed by atoms with Gasteiger partial charge in [0.1, 0.15) is 0 Å². The van der Waals surface area contributed by atoms with Crippen LogP contribution in [-0.2, 0) is 21.2 Å². The summed E-state index contributed by atoms with van der Waals surface area (Å²) in [6.45, 7) is 0. The summed E-state index contributed by atoms with van der Waals surface area (Å²) >= 11 is -5.75. The van der Waals surface area contributed by atoms with Crippen LogP contribution in [-0.4, -0.2) is 0 Å². The van der Waals surface area contributed by atoms with Crippen molar-refractivity contribution in [2.24, 2.45) is 0 Å². The first-order valence-electron chi connectivity index (χ1n) is 0.667. The molecule has 0 aliphatic rings. The van der Waals surface area contributed by atoms with Gasteiger partial charge in [0.15, 0.2) is 0 Å². The Morgan fingerprint density at radius 1 is 0.889 bits per heavy atom. The molecule has 9 heavy (non-hydrogen) atoms. The Morgan fingerprint density at radius 2 is 0.889 bits per heavy atom. The van der Waals surface area contributed by atoms with Crippen LogP contribution in [0, 0.1) is 0 Å². The van der Waals surface area contributed by atoms with Gasteiger partial charge in [0.2, 0.25) is 0 Å². The molecular weight excluding hydrogens is 190 g/mol. The third-order valence-corrected chi connectivity index (χ3v) is 0. The third kappa shape index (κ3) is 163. The van der Waals surface area contributed by atoms with Crippen molar-refractivity contribution in [3.05, 3.63) is 12.3 Å². The van der Waals surface area contributed by atoms with Crippen LogP contribution in [0.1, 0.15) is 0 Å². The average molecular weight is 194 g/mol. The van der Waals surface area contributed by atoms with Crippen molar-refractivity contribution < 1.29 is 88.7 Å². The standard InChI is InChI=1S/Cr.2H2N.2Na.4O/h;2*1H2;;;;;;/q;2*-1;2*+1;;;2*-1. The molecule has 0 amide bonds. The molecule has 0 aromatic heterocycles. The summed E-state index contributed by atoms with van der Waals surface area (Å²) in [6, 6.07) is 0. The topological polar surface area (TPSA) is 147 Å². The molecule has 0 rings (SSSR count). The van der Waals surface area contributed by atoms with E-state index in [9.17, 15) is 0 Å². The van der Waals surface area contributed by atoms with E-state index in [-0.39, 0.29) is 71.4 Å². The van der Waals surface area contributed by atoms with Crippen LogP contribution in [0.25, 0.3) is 12.3 Å². The molecule has 0 fully saturated rings. The van der Waals surface area contributed by atoms with E-state index in [1.807, 2.05) is 0 Å². The van der Waals surface area contributed by atoms with Crippen LogP contribution in [0.5, 0.6) is 0 Å². The summed E-state index contributed by atoms with van der Waals surface area (Å²) in [5.74, 6) is 0. The number of hydrogen-bond donors (Lipinski definition) is 0. The second-order valence-corrected chi connectivity index (χ2v) is 1.68. The van der Waals surface area contributed by atoms with Crippen molar-refractivity contribution in [2.75, 3.05) is 0 Å². The Bertz CT molecular complexity index is 99.7. The summed E-state index contributed by atoms with van der Waals surface area (Å²) in [6.07, 6.45) is 0. The van der Waals surface area contributed by atoms with Crippen molar-refractivity contribution in [1.29, 1.82) is 0 Å². The number of hydrogen-bond acceptors (Lipinski definition) is 4. The molecular formula is H4CrN2Na2O4-2. The summed E-state index contributed by atoms with van der Waals surface area (Å²) in [5, 5.41) is 0. The molecule has 0 heterocycles. The van der Waals surface area contributed by atoms with Gasteiger partial charge >= 0.3 is 88.7 Å². The molecule has 0 aromatic rings. The van der Waals surface area contributed by atoms with E-state index in [0.29, 0.717) is 0 Å². The first-order chi connectivity index (χ1) is 2.00. The normalized spacial score (nSPS) is 6.44. The minimum absolute atomic E-state index is 0. The maximum atomic E-state index is 8.59. The number of nitrogens with two attached hydrogens (primary N) is 2. The van der Waals surface area contributed by atoms with Gasteiger partial charge in [-0.1, -0.05) is 0 Å². The van der Waals surface area contributed by atoms with E-state index in [4.69, 9.17) is 15.9 Å². The zero-order chi connectivity index (χ0) is 4.50. The van der Waals surface area contributed by atoms with Gasteiger partial charge in [0, 0.05) is 0 Å². The van der Waals surface area contributed by atoms with Crippen LogP contribution in [0.15, 0.2) is 0 Å². The molecule has 4 N–H and O–H groups in total. The SMILES string of the molecule is [NH2-].[NH2-].[Na+].[Na+].[O]=[Cr](=[O])([O-])[O-]. The Kier molecular flexibility index (Phi) is 42.9. The van der Waals surface area contributed by atoms with Gasteiger partial charge in [-0.15, -0.1) is 0 Å². The predicted octanol–water partition coefficient (Wildman–Crippen LogP) is -7.18. The van der Waals surface area contributed by atoms with Crippen LogP contribution in [0.3, 0.4) is 0 Å². The second-order valence-electron chi connectivity index (χ2n) is 0.408. The Morgan fingerprint density at radius 3 is 0.889 bits per heavy atom. The van der Waals surface area contributed by atoms with Gasteiger partial charge in [-0.25, -0.2) is 0 Å². The zero-order valence-electron chi connectivity index (χ0n) is 5.20. The van der Waals surface area contributed by atoms with Gasteiger partial charge in [-0.3, -0.25) is 0 Å². The van der Waals surface area contributed by atoms with Crippen molar-refractivity contribution in [1.82, 2.24) is 0 Å². The average Bonchev–Trinajstić information content (AvgIpc) is 0.722. The van der Waals surface area contributed by atoms with E-state index in [2.05, 4.69) is 0 Å². The predicted molar refractivity (Wildman–Crippen MR) is 11.9 cm³/mol. The molecule has 0 saturated carbocycles. The van der Waals surface area contributed by atoms with Crippen molar-refractivity contribution >= 4 is 0 Å². The molecule has 0 bridgehead atoms. The molecule has 0 saturated heterocycles. The molecule has 0 aliphatic carbocycles.